The van der Waals surface area contributed by atoms with E-state index < -0.39 is 53.8 Å². The van der Waals surface area contributed by atoms with Gasteiger partial charge in [0.05, 0.1) is 6.04 Å². The summed E-state index contributed by atoms with van der Waals surface area (Å²) < 4.78 is 0. The molecular weight excluding hydrogens is 458 g/mol. The van der Waals surface area contributed by atoms with Gasteiger partial charge in [-0.25, -0.2) is 4.79 Å². The molecule has 0 fully saturated rings. The number of carbonyl (C=O) groups excluding carboxylic acids is 4. The third kappa shape index (κ3) is 10.0. The van der Waals surface area contributed by atoms with Crippen LogP contribution in [0.15, 0.2) is 24.3 Å². The molecule has 194 valence electrons. The van der Waals surface area contributed by atoms with Gasteiger partial charge in [0.1, 0.15) is 23.9 Å². The number of nitrogens with two attached hydrogens (primary N) is 2. The second kappa shape index (κ2) is 13.9. The molecule has 1 rings (SSSR count). The van der Waals surface area contributed by atoms with Gasteiger partial charge in [0.15, 0.2) is 0 Å². The monoisotopic (exact) mass is 493 g/mol. The number of carboxylic acids is 1. The van der Waals surface area contributed by atoms with E-state index in [4.69, 9.17) is 11.5 Å². The lowest BCUT2D eigenvalue weighted by atomic mass is 9.99. The van der Waals surface area contributed by atoms with Gasteiger partial charge in [-0.2, -0.15) is 0 Å². The van der Waals surface area contributed by atoms with E-state index in [1.807, 2.05) is 13.8 Å². The van der Waals surface area contributed by atoms with Crippen molar-refractivity contribution in [2.45, 2.75) is 70.6 Å². The molecule has 12 heteroatoms. The fourth-order valence-corrected chi connectivity index (χ4v) is 3.08. The van der Waals surface area contributed by atoms with Crippen LogP contribution in [0, 0.1) is 5.92 Å². The molecule has 0 aliphatic heterocycles. The molecule has 0 saturated heterocycles. The molecule has 0 bridgehead atoms. The molecule has 0 aliphatic rings. The van der Waals surface area contributed by atoms with Crippen LogP contribution in [-0.4, -0.2) is 64.0 Å². The number of aliphatic carboxylic acids is 1. The van der Waals surface area contributed by atoms with Crippen molar-refractivity contribution in [3.8, 4) is 5.75 Å². The summed E-state index contributed by atoms with van der Waals surface area (Å²) in [7, 11) is 0. The zero-order valence-corrected chi connectivity index (χ0v) is 20.1. The summed E-state index contributed by atoms with van der Waals surface area (Å²) in [4.78, 5) is 60.6. The number of hydrogen-bond acceptors (Lipinski definition) is 7. The molecule has 0 aromatic heterocycles. The maximum absolute atomic E-state index is 12.9. The minimum absolute atomic E-state index is 0.00478. The molecule has 9 N–H and O–H groups in total. The van der Waals surface area contributed by atoms with Crippen molar-refractivity contribution in [1.82, 2.24) is 16.0 Å². The Kier molecular flexibility index (Phi) is 11.7. The number of carboxylic acid groups (broad SMARTS) is 1. The molecule has 0 heterocycles. The second-order valence-corrected chi connectivity index (χ2v) is 8.48. The van der Waals surface area contributed by atoms with Gasteiger partial charge in [0.25, 0.3) is 0 Å². The Morgan fingerprint density at radius 1 is 0.914 bits per heavy atom. The first-order valence-corrected chi connectivity index (χ1v) is 11.3. The Labute approximate surface area is 203 Å². The van der Waals surface area contributed by atoms with Gasteiger partial charge in [-0.15, -0.1) is 0 Å². The van der Waals surface area contributed by atoms with Crippen molar-refractivity contribution in [3.05, 3.63) is 29.8 Å². The highest BCUT2D eigenvalue weighted by Crippen LogP contribution is 2.12. The average Bonchev–Trinajstić information content (AvgIpc) is 2.80. The number of benzene rings is 1. The third-order valence-electron chi connectivity index (χ3n) is 5.61. The Hall–Kier alpha value is -3.67. The number of hydrogen-bond donors (Lipinski definition) is 7. The van der Waals surface area contributed by atoms with E-state index in [0.29, 0.717) is 12.0 Å². The molecule has 4 amide bonds. The largest absolute Gasteiger partial charge is 0.508 e. The van der Waals surface area contributed by atoms with Crippen molar-refractivity contribution >= 4 is 29.6 Å². The van der Waals surface area contributed by atoms with E-state index in [2.05, 4.69) is 16.0 Å². The smallest absolute Gasteiger partial charge is 0.326 e. The van der Waals surface area contributed by atoms with E-state index >= 15 is 0 Å². The molecule has 1 aromatic carbocycles. The number of phenolic OH excluding ortho intramolecular Hbond substituents is 1. The molecule has 0 spiro atoms. The number of nitrogens with one attached hydrogen (secondary N) is 3. The first-order chi connectivity index (χ1) is 16.3. The molecule has 12 nitrogen and oxygen atoms in total. The van der Waals surface area contributed by atoms with Gasteiger partial charge >= 0.3 is 5.97 Å². The lowest BCUT2D eigenvalue weighted by Gasteiger charge is -2.24. The quantitative estimate of drug-likeness (QED) is 0.172. The normalized spacial score (nSPS) is 15.1. The molecule has 0 saturated carbocycles. The maximum Gasteiger partial charge on any atom is 0.326 e. The van der Waals surface area contributed by atoms with Crippen LogP contribution >= 0.6 is 0 Å². The van der Waals surface area contributed by atoms with Crippen LogP contribution < -0.4 is 27.4 Å². The summed E-state index contributed by atoms with van der Waals surface area (Å²) in [5.41, 5.74) is 11.5. The van der Waals surface area contributed by atoms with Gasteiger partial charge in [0, 0.05) is 12.8 Å². The molecular formula is C23H35N5O7. The standard InChI is InChI=1S/C23H35N5O7/c1-4-12(2)19(25)22(33)26-13(3)20(31)28-17(11-14-5-7-15(29)8-6-14)21(32)27-16(23(34)35)9-10-18(24)30/h5-8,12-13,16-17,19,29H,4,9-11,25H2,1-3H3,(H2,24,30)(H,26,33)(H,27,32)(H,28,31)(H,34,35). The van der Waals surface area contributed by atoms with E-state index in [1.165, 1.54) is 19.1 Å². The van der Waals surface area contributed by atoms with Crippen molar-refractivity contribution in [2.24, 2.45) is 17.4 Å². The highest BCUT2D eigenvalue weighted by Gasteiger charge is 2.29. The van der Waals surface area contributed by atoms with Crippen molar-refractivity contribution in [1.29, 1.82) is 0 Å². The van der Waals surface area contributed by atoms with Gasteiger partial charge in [-0.3, -0.25) is 19.2 Å². The first-order valence-electron chi connectivity index (χ1n) is 11.3. The fraction of sp³-hybridized carbons (Fsp3) is 0.522. The number of amides is 4. The van der Waals surface area contributed by atoms with Crippen LogP contribution in [0.2, 0.25) is 0 Å². The van der Waals surface area contributed by atoms with E-state index in [0.717, 1.165) is 0 Å². The highest BCUT2D eigenvalue weighted by atomic mass is 16.4. The maximum atomic E-state index is 12.9. The van der Waals surface area contributed by atoms with E-state index in [-0.39, 0.29) is 30.9 Å². The van der Waals surface area contributed by atoms with E-state index in [9.17, 15) is 34.2 Å². The lowest BCUT2D eigenvalue weighted by Crippen LogP contribution is -2.57. The molecule has 1 aromatic rings. The van der Waals surface area contributed by atoms with Crippen LogP contribution in [0.5, 0.6) is 5.75 Å². The van der Waals surface area contributed by atoms with Crippen LogP contribution in [0.25, 0.3) is 0 Å². The fourth-order valence-electron chi connectivity index (χ4n) is 3.08. The number of carbonyl (C=O) groups is 5. The zero-order valence-electron chi connectivity index (χ0n) is 20.1. The second-order valence-electron chi connectivity index (χ2n) is 8.48. The van der Waals surface area contributed by atoms with Gasteiger partial charge < -0.3 is 37.6 Å². The zero-order chi connectivity index (χ0) is 26.7. The lowest BCUT2D eigenvalue weighted by molar-refractivity contribution is -0.142. The number of aromatic hydroxyl groups is 1. The van der Waals surface area contributed by atoms with Crippen LogP contribution in [0.3, 0.4) is 0 Å². The highest BCUT2D eigenvalue weighted by molar-refractivity contribution is 5.94. The summed E-state index contributed by atoms with van der Waals surface area (Å²) in [6.45, 7) is 5.12. The predicted octanol–water partition coefficient (Wildman–Crippen LogP) is -0.867. The molecule has 0 aliphatic carbocycles. The number of primary amides is 1. The Bertz CT molecular complexity index is 906. The number of rotatable bonds is 14. The molecule has 5 atom stereocenters. The van der Waals surface area contributed by atoms with Gasteiger partial charge in [-0.1, -0.05) is 32.4 Å². The van der Waals surface area contributed by atoms with E-state index in [1.54, 1.807) is 12.1 Å². The summed E-state index contributed by atoms with van der Waals surface area (Å²) >= 11 is 0. The predicted molar refractivity (Wildman–Crippen MR) is 127 cm³/mol. The Balaban J connectivity index is 3.00. The van der Waals surface area contributed by atoms with Crippen LogP contribution in [0.1, 0.15) is 45.6 Å². The average molecular weight is 494 g/mol. The van der Waals surface area contributed by atoms with Crippen molar-refractivity contribution in [3.63, 3.8) is 0 Å². The van der Waals surface area contributed by atoms with Crippen LogP contribution in [-0.2, 0) is 30.4 Å². The summed E-state index contributed by atoms with van der Waals surface area (Å²) in [5, 5.41) is 26.2. The van der Waals surface area contributed by atoms with Crippen molar-refractivity contribution in [2.75, 3.05) is 0 Å². The third-order valence-corrected chi connectivity index (χ3v) is 5.61. The SMILES string of the molecule is CCC(C)C(N)C(=O)NC(C)C(=O)NC(Cc1ccc(O)cc1)C(=O)NC(CCC(N)=O)C(=O)O. The first kappa shape index (κ1) is 29.4. The molecule has 35 heavy (non-hydrogen) atoms. The molecule has 5 unspecified atom stereocenters. The Morgan fingerprint density at radius 2 is 1.49 bits per heavy atom. The topological polar surface area (TPSA) is 214 Å². The number of phenols is 1. The minimum atomic E-state index is -1.40. The summed E-state index contributed by atoms with van der Waals surface area (Å²) in [6.07, 6.45) is 0.152. The van der Waals surface area contributed by atoms with Gasteiger partial charge in [0.2, 0.25) is 23.6 Å². The summed E-state index contributed by atoms with van der Waals surface area (Å²) in [6, 6.07) is 1.42. The van der Waals surface area contributed by atoms with Crippen LogP contribution in [0.4, 0.5) is 0 Å². The molecule has 0 radical (unpaired) electrons. The Morgan fingerprint density at radius 3 is 2.00 bits per heavy atom. The van der Waals surface area contributed by atoms with Gasteiger partial charge in [-0.05, 0) is 37.0 Å². The summed E-state index contributed by atoms with van der Waals surface area (Å²) in [5.74, 6) is -4.19. The minimum Gasteiger partial charge on any atom is -0.508 e. The van der Waals surface area contributed by atoms with Crippen molar-refractivity contribution < 1.29 is 34.2 Å².